The van der Waals surface area contributed by atoms with E-state index < -0.39 is 18.0 Å². The van der Waals surface area contributed by atoms with E-state index in [1.54, 1.807) is 30.5 Å². The number of nitrogens with zero attached hydrogens (tertiary/aromatic N) is 1. The molecule has 1 aromatic heterocycles. The molecule has 1 atom stereocenters. The molecule has 3 rings (SSSR count). The third-order valence-corrected chi connectivity index (χ3v) is 5.57. The fourth-order valence-corrected chi connectivity index (χ4v) is 3.92. The lowest BCUT2D eigenvalue weighted by atomic mass is 10.2. The maximum absolute atomic E-state index is 12.5. The maximum Gasteiger partial charge on any atom is 0.398 e. The zero-order chi connectivity index (χ0) is 20.0. The number of alkyl halides is 3. The smallest absolute Gasteiger partial charge is 0.398 e. The Kier molecular flexibility index (Phi) is 6.90. The largest absolute Gasteiger partial charge is 0.468 e. The molecule has 28 heavy (non-hydrogen) atoms. The number of benzene rings is 1. The van der Waals surface area contributed by atoms with Crippen molar-refractivity contribution in [2.24, 2.45) is 0 Å². The lowest BCUT2D eigenvalue weighted by molar-refractivity contribution is -0.105. The van der Waals surface area contributed by atoms with Crippen molar-refractivity contribution in [3.05, 3.63) is 48.4 Å². The van der Waals surface area contributed by atoms with Crippen LogP contribution in [0.3, 0.4) is 0 Å². The lowest BCUT2D eigenvalue weighted by Gasteiger charge is -2.26. The van der Waals surface area contributed by atoms with Gasteiger partial charge in [-0.1, -0.05) is 12.1 Å². The van der Waals surface area contributed by atoms with E-state index in [0.29, 0.717) is 28.9 Å². The first-order chi connectivity index (χ1) is 13.4. The first kappa shape index (κ1) is 20.6. The number of carbonyl (C=O) groups excluding carboxylic acids is 1. The topological polar surface area (TPSA) is 57.5 Å². The molecule has 0 radical (unpaired) electrons. The van der Waals surface area contributed by atoms with Crippen molar-refractivity contribution in [2.75, 3.05) is 30.7 Å². The second-order valence-electron chi connectivity index (χ2n) is 6.51. The Labute approximate surface area is 165 Å². The van der Waals surface area contributed by atoms with Gasteiger partial charge in [0.05, 0.1) is 23.7 Å². The molecule has 1 aliphatic rings. The van der Waals surface area contributed by atoms with Crippen molar-refractivity contribution >= 4 is 23.5 Å². The SMILES string of the molecule is O=C(NCC(c1ccco1)N1CCCC1)Nc1ccccc1SCC(F)(F)F. The van der Waals surface area contributed by atoms with Gasteiger partial charge < -0.3 is 15.1 Å². The third-order valence-electron chi connectivity index (χ3n) is 4.44. The van der Waals surface area contributed by atoms with Gasteiger partial charge in [0.1, 0.15) is 5.76 Å². The van der Waals surface area contributed by atoms with Gasteiger partial charge in [0.2, 0.25) is 0 Å². The predicted octanol–water partition coefficient (Wildman–Crippen LogP) is 4.89. The van der Waals surface area contributed by atoms with Crippen molar-refractivity contribution in [1.82, 2.24) is 10.2 Å². The van der Waals surface area contributed by atoms with E-state index in [9.17, 15) is 18.0 Å². The van der Waals surface area contributed by atoms with Gasteiger partial charge in [0, 0.05) is 11.4 Å². The lowest BCUT2D eigenvalue weighted by Crippen LogP contribution is -2.38. The van der Waals surface area contributed by atoms with Gasteiger partial charge in [-0.05, 0) is 50.2 Å². The summed E-state index contributed by atoms with van der Waals surface area (Å²) < 4.78 is 43.0. The van der Waals surface area contributed by atoms with Crippen LogP contribution in [0.5, 0.6) is 0 Å². The number of rotatable bonds is 7. The van der Waals surface area contributed by atoms with Crippen LogP contribution < -0.4 is 10.6 Å². The summed E-state index contributed by atoms with van der Waals surface area (Å²) in [5.41, 5.74) is 0.352. The molecule has 5 nitrogen and oxygen atoms in total. The van der Waals surface area contributed by atoms with Gasteiger partial charge in [-0.3, -0.25) is 4.90 Å². The molecule has 152 valence electrons. The summed E-state index contributed by atoms with van der Waals surface area (Å²) in [6.07, 6.45) is -0.459. The molecule has 2 heterocycles. The standard InChI is InChI=1S/C19H22F3N3O2S/c20-19(21,22)13-28-17-8-2-1-6-14(17)24-18(26)23-12-15(16-7-5-11-27-16)25-9-3-4-10-25/h1-2,5-8,11,15H,3-4,9-10,12-13H2,(H2,23,24,26). The van der Waals surface area contributed by atoms with E-state index in [2.05, 4.69) is 15.5 Å². The second kappa shape index (κ2) is 9.38. The van der Waals surface area contributed by atoms with Crippen LogP contribution in [-0.2, 0) is 0 Å². The Balaban J connectivity index is 1.59. The number of thioether (sulfide) groups is 1. The number of amides is 2. The first-order valence-corrected chi connectivity index (χ1v) is 10.0. The highest BCUT2D eigenvalue weighted by Gasteiger charge is 2.28. The van der Waals surface area contributed by atoms with Crippen LogP contribution in [0.1, 0.15) is 24.6 Å². The molecular formula is C19H22F3N3O2S. The van der Waals surface area contributed by atoms with Crippen molar-refractivity contribution in [1.29, 1.82) is 0 Å². The minimum absolute atomic E-state index is 0.0712. The molecule has 1 fully saturated rings. The van der Waals surface area contributed by atoms with E-state index in [4.69, 9.17) is 4.42 Å². The van der Waals surface area contributed by atoms with Crippen molar-refractivity contribution in [3.8, 4) is 0 Å². The summed E-state index contributed by atoms with van der Waals surface area (Å²) >= 11 is 0.648. The number of likely N-dealkylation sites (tertiary alicyclic amines) is 1. The molecule has 9 heteroatoms. The van der Waals surface area contributed by atoms with Gasteiger partial charge in [0.15, 0.2) is 0 Å². The Morgan fingerprint density at radius 2 is 1.93 bits per heavy atom. The van der Waals surface area contributed by atoms with Gasteiger partial charge in [-0.15, -0.1) is 11.8 Å². The number of furan rings is 1. The predicted molar refractivity (Wildman–Crippen MR) is 102 cm³/mol. The van der Waals surface area contributed by atoms with Crippen molar-refractivity contribution in [2.45, 2.75) is 30.0 Å². The third kappa shape index (κ3) is 5.93. The highest BCUT2D eigenvalue weighted by Crippen LogP contribution is 2.32. The summed E-state index contributed by atoms with van der Waals surface area (Å²) in [7, 11) is 0. The number of halogens is 3. The normalized spacial score (nSPS) is 16.1. The Morgan fingerprint density at radius 1 is 1.18 bits per heavy atom. The number of nitrogens with one attached hydrogen (secondary N) is 2. The molecule has 2 aromatic rings. The Bertz CT molecular complexity index is 762. The number of urea groups is 1. The van der Waals surface area contributed by atoms with E-state index in [0.717, 1.165) is 31.7 Å². The van der Waals surface area contributed by atoms with Gasteiger partial charge in [-0.25, -0.2) is 4.79 Å². The first-order valence-electron chi connectivity index (χ1n) is 9.03. The molecule has 2 N–H and O–H groups in total. The molecule has 0 bridgehead atoms. The van der Waals surface area contributed by atoms with E-state index in [1.807, 2.05) is 12.1 Å². The summed E-state index contributed by atoms with van der Waals surface area (Å²) in [6, 6.07) is 9.61. The molecule has 0 aliphatic carbocycles. The van der Waals surface area contributed by atoms with Crippen LogP contribution in [0, 0.1) is 0 Å². The van der Waals surface area contributed by atoms with E-state index in [-0.39, 0.29) is 6.04 Å². The van der Waals surface area contributed by atoms with Crippen LogP contribution >= 0.6 is 11.8 Å². The number of hydrogen-bond acceptors (Lipinski definition) is 4. The maximum atomic E-state index is 12.5. The quantitative estimate of drug-likeness (QED) is 0.635. The Hall–Kier alpha value is -2.13. The molecule has 1 unspecified atom stereocenters. The number of carbonyl (C=O) groups is 1. The summed E-state index contributed by atoms with van der Waals surface area (Å²) in [5, 5.41) is 5.46. The van der Waals surface area contributed by atoms with Gasteiger partial charge in [0.25, 0.3) is 0 Å². The number of hydrogen-bond donors (Lipinski definition) is 2. The molecule has 2 amide bonds. The highest BCUT2D eigenvalue weighted by atomic mass is 32.2. The van der Waals surface area contributed by atoms with Gasteiger partial charge >= 0.3 is 12.2 Å². The van der Waals surface area contributed by atoms with Crippen molar-refractivity contribution < 1.29 is 22.4 Å². The molecule has 1 saturated heterocycles. The second-order valence-corrected chi connectivity index (χ2v) is 7.53. The molecule has 0 saturated carbocycles. The highest BCUT2D eigenvalue weighted by molar-refractivity contribution is 7.99. The summed E-state index contributed by atoms with van der Waals surface area (Å²) in [5.74, 6) is -0.230. The summed E-state index contributed by atoms with van der Waals surface area (Å²) in [4.78, 5) is 15.0. The minimum atomic E-state index is -4.27. The van der Waals surface area contributed by atoms with Crippen LogP contribution in [0.25, 0.3) is 0 Å². The van der Waals surface area contributed by atoms with Crippen molar-refractivity contribution in [3.63, 3.8) is 0 Å². The minimum Gasteiger partial charge on any atom is -0.468 e. The fraction of sp³-hybridized carbons (Fsp3) is 0.421. The number of anilines is 1. The molecule has 1 aromatic carbocycles. The van der Waals surface area contributed by atoms with Crippen LogP contribution in [0.4, 0.5) is 23.7 Å². The van der Waals surface area contributed by atoms with E-state index in [1.165, 1.54) is 0 Å². The van der Waals surface area contributed by atoms with Gasteiger partial charge in [-0.2, -0.15) is 13.2 Å². The number of para-hydroxylation sites is 1. The molecular weight excluding hydrogens is 391 g/mol. The van der Waals surface area contributed by atoms with Crippen LogP contribution in [0.15, 0.2) is 52.0 Å². The molecule has 0 spiro atoms. The average molecular weight is 413 g/mol. The average Bonchev–Trinajstić information content (AvgIpc) is 3.35. The Morgan fingerprint density at radius 3 is 2.61 bits per heavy atom. The van der Waals surface area contributed by atoms with Crippen LogP contribution in [-0.4, -0.2) is 42.5 Å². The fourth-order valence-electron chi connectivity index (χ4n) is 3.16. The zero-order valence-corrected chi connectivity index (χ0v) is 16.0. The summed E-state index contributed by atoms with van der Waals surface area (Å²) in [6.45, 7) is 2.22. The van der Waals surface area contributed by atoms with E-state index >= 15 is 0 Å². The van der Waals surface area contributed by atoms with Crippen LogP contribution in [0.2, 0.25) is 0 Å². The molecule has 1 aliphatic heterocycles. The zero-order valence-electron chi connectivity index (χ0n) is 15.2. The monoisotopic (exact) mass is 413 g/mol.